The molecule has 1 heterocycles. The van der Waals surface area contributed by atoms with Gasteiger partial charge in [-0.15, -0.1) is 0 Å². The Bertz CT molecular complexity index is 901. The summed E-state index contributed by atoms with van der Waals surface area (Å²) in [5.74, 6) is -0.112. The van der Waals surface area contributed by atoms with Gasteiger partial charge in [-0.1, -0.05) is 17.7 Å². The predicted octanol–water partition coefficient (Wildman–Crippen LogP) is 3.86. The molecule has 0 N–H and O–H groups in total. The van der Waals surface area contributed by atoms with Gasteiger partial charge in [0.2, 0.25) is 10.0 Å². The number of hydrogen-bond donors (Lipinski definition) is 0. The Morgan fingerprint density at radius 3 is 2.67 bits per heavy atom. The van der Waals surface area contributed by atoms with Crippen molar-refractivity contribution < 1.29 is 17.9 Å². The Morgan fingerprint density at radius 2 is 2.00 bits per heavy atom. The molecule has 0 radical (unpaired) electrons. The second-order valence-electron chi connectivity index (χ2n) is 5.26. The highest BCUT2D eigenvalue weighted by atomic mass is 79.9. The highest BCUT2D eigenvalue weighted by Gasteiger charge is 2.28. The van der Waals surface area contributed by atoms with Crippen LogP contribution >= 0.6 is 27.5 Å². The number of ether oxygens (including phenoxy) is 1. The summed E-state index contributed by atoms with van der Waals surface area (Å²) in [6.07, 6.45) is 0.578. The first-order valence-corrected chi connectivity index (χ1v) is 9.92. The number of rotatable bonds is 3. The molecule has 24 heavy (non-hydrogen) atoms. The van der Waals surface area contributed by atoms with E-state index in [1.165, 1.54) is 10.4 Å². The average molecular weight is 431 g/mol. The van der Waals surface area contributed by atoms with Crippen molar-refractivity contribution in [1.29, 1.82) is 0 Å². The fourth-order valence-electron chi connectivity index (χ4n) is 2.43. The van der Waals surface area contributed by atoms with Crippen LogP contribution in [0.2, 0.25) is 5.02 Å². The summed E-state index contributed by atoms with van der Waals surface area (Å²) in [6, 6.07) is 11.2. The van der Waals surface area contributed by atoms with Crippen molar-refractivity contribution >= 4 is 49.2 Å². The zero-order valence-corrected chi connectivity index (χ0v) is 15.6. The van der Waals surface area contributed by atoms with Gasteiger partial charge in [-0.3, -0.25) is 4.31 Å². The van der Waals surface area contributed by atoms with E-state index in [2.05, 4.69) is 15.9 Å². The molecule has 0 aliphatic carbocycles. The van der Waals surface area contributed by atoms with Crippen LogP contribution in [0.25, 0.3) is 0 Å². The molecule has 0 saturated carbocycles. The van der Waals surface area contributed by atoms with Crippen LogP contribution in [0.15, 0.2) is 46.9 Å². The van der Waals surface area contributed by atoms with Gasteiger partial charge < -0.3 is 4.74 Å². The normalized spacial score (nSPS) is 16.2. The third-order valence-electron chi connectivity index (χ3n) is 3.57. The fourth-order valence-corrected chi connectivity index (χ4v) is 4.75. The SMILES string of the molecule is O=C(Oc1ccc(Cl)cc1Br)c1cccc(N2CCCS2(=O)=O)c1. The molecule has 5 nitrogen and oxygen atoms in total. The van der Waals surface area contributed by atoms with Gasteiger partial charge in [0.15, 0.2) is 0 Å². The number of anilines is 1. The van der Waals surface area contributed by atoms with E-state index in [4.69, 9.17) is 16.3 Å². The van der Waals surface area contributed by atoms with Crippen LogP contribution in [0.3, 0.4) is 0 Å². The molecule has 8 heteroatoms. The van der Waals surface area contributed by atoms with Gasteiger partial charge in [-0.2, -0.15) is 0 Å². The van der Waals surface area contributed by atoms with E-state index in [9.17, 15) is 13.2 Å². The van der Waals surface area contributed by atoms with Crippen molar-refractivity contribution in [3.63, 3.8) is 0 Å². The van der Waals surface area contributed by atoms with Gasteiger partial charge >= 0.3 is 5.97 Å². The predicted molar refractivity (Wildman–Crippen MR) is 96.3 cm³/mol. The number of carbonyl (C=O) groups is 1. The van der Waals surface area contributed by atoms with Crippen LogP contribution in [0.4, 0.5) is 5.69 Å². The molecular formula is C16H13BrClNO4S. The quantitative estimate of drug-likeness (QED) is 0.548. The Balaban J connectivity index is 1.84. The van der Waals surface area contributed by atoms with Gasteiger partial charge in [0.1, 0.15) is 5.75 Å². The van der Waals surface area contributed by atoms with Crippen molar-refractivity contribution in [2.24, 2.45) is 0 Å². The van der Waals surface area contributed by atoms with E-state index in [1.54, 1.807) is 36.4 Å². The number of halogens is 2. The molecule has 2 aromatic rings. The molecule has 1 aliphatic rings. The van der Waals surface area contributed by atoms with E-state index in [0.717, 1.165) is 0 Å². The smallest absolute Gasteiger partial charge is 0.343 e. The van der Waals surface area contributed by atoms with Crippen molar-refractivity contribution in [3.05, 3.63) is 57.5 Å². The Kier molecular flexibility index (Phi) is 4.85. The first-order valence-electron chi connectivity index (χ1n) is 7.14. The second kappa shape index (κ2) is 6.74. The van der Waals surface area contributed by atoms with Crippen LogP contribution in [0.1, 0.15) is 16.8 Å². The summed E-state index contributed by atoms with van der Waals surface area (Å²) in [6.45, 7) is 0.420. The number of esters is 1. The van der Waals surface area contributed by atoms with Crippen LogP contribution in [-0.4, -0.2) is 26.7 Å². The Morgan fingerprint density at radius 1 is 1.21 bits per heavy atom. The molecule has 0 bridgehead atoms. The maximum atomic E-state index is 12.3. The zero-order valence-electron chi connectivity index (χ0n) is 12.4. The summed E-state index contributed by atoms with van der Waals surface area (Å²) in [4.78, 5) is 12.3. The third kappa shape index (κ3) is 3.58. The highest BCUT2D eigenvalue weighted by molar-refractivity contribution is 9.10. The summed E-state index contributed by atoms with van der Waals surface area (Å²) >= 11 is 9.14. The number of nitrogens with zero attached hydrogens (tertiary/aromatic N) is 1. The standard InChI is InChI=1S/C16H13BrClNO4S/c17-14-10-12(18)5-6-15(14)23-16(20)11-3-1-4-13(9-11)19-7-2-8-24(19,21)22/h1,3-6,9-10H,2,7-8H2. The number of benzene rings is 2. The largest absolute Gasteiger partial charge is 0.422 e. The second-order valence-corrected chi connectivity index (χ2v) is 8.56. The molecule has 0 unspecified atom stereocenters. The zero-order chi connectivity index (χ0) is 17.3. The van der Waals surface area contributed by atoms with Crippen molar-refractivity contribution in [1.82, 2.24) is 0 Å². The summed E-state index contributed by atoms with van der Waals surface area (Å²) in [7, 11) is -3.29. The van der Waals surface area contributed by atoms with Crippen molar-refractivity contribution in [2.45, 2.75) is 6.42 Å². The molecular weight excluding hydrogens is 418 g/mol. The van der Waals surface area contributed by atoms with Gasteiger partial charge in [0, 0.05) is 11.6 Å². The first-order chi connectivity index (χ1) is 11.4. The van der Waals surface area contributed by atoms with Gasteiger partial charge in [-0.25, -0.2) is 13.2 Å². The summed E-state index contributed by atoms with van der Waals surface area (Å²) in [5.41, 5.74) is 0.744. The van der Waals surface area contributed by atoms with Crippen LogP contribution in [0.5, 0.6) is 5.75 Å². The van der Waals surface area contributed by atoms with Gasteiger partial charge in [0.25, 0.3) is 0 Å². The lowest BCUT2D eigenvalue weighted by Crippen LogP contribution is -2.25. The average Bonchev–Trinajstić information content (AvgIpc) is 2.89. The number of hydrogen-bond acceptors (Lipinski definition) is 4. The minimum absolute atomic E-state index is 0.124. The fraction of sp³-hybridized carbons (Fsp3) is 0.188. The first kappa shape index (κ1) is 17.3. The van der Waals surface area contributed by atoms with E-state index in [0.29, 0.717) is 33.9 Å². The molecule has 0 spiro atoms. The lowest BCUT2D eigenvalue weighted by atomic mass is 10.2. The maximum Gasteiger partial charge on any atom is 0.343 e. The topological polar surface area (TPSA) is 63.7 Å². The molecule has 3 rings (SSSR count). The Hall–Kier alpha value is -1.57. The molecule has 1 fully saturated rings. The molecule has 0 aromatic heterocycles. The highest BCUT2D eigenvalue weighted by Crippen LogP contribution is 2.29. The molecule has 0 amide bonds. The number of carbonyl (C=O) groups excluding carboxylic acids is 1. The monoisotopic (exact) mass is 429 g/mol. The summed E-state index contributed by atoms with van der Waals surface area (Å²) in [5, 5.41) is 0.517. The van der Waals surface area contributed by atoms with E-state index >= 15 is 0 Å². The maximum absolute atomic E-state index is 12.3. The molecule has 0 atom stereocenters. The lowest BCUT2D eigenvalue weighted by molar-refractivity contribution is 0.0733. The van der Waals surface area contributed by atoms with Crippen LogP contribution in [-0.2, 0) is 10.0 Å². The minimum Gasteiger partial charge on any atom is -0.422 e. The van der Waals surface area contributed by atoms with E-state index in [1.807, 2.05) is 0 Å². The van der Waals surface area contributed by atoms with Crippen molar-refractivity contribution in [3.8, 4) is 5.75 Å². The minimum atomic E-state index is -3.29. The molecule has 1 aliphatic heterocycles. The van der Waals surface area contributed by atoms with Gasteiger partial charge in [-0.05, 0) is 58.7 Å². The van der Waals surface area contributed by atoms with Gasteiger partial charge in [0.05, 0.1) is 21.5 Å². The molecule has 2 aromatic carbocycles. The third-order valence-corrected chi connectivity index (χ3v) is 6.29. The Labute approximate surface area is 153 Å². The van der Waals surface area contributed by atoms with Crippen molar-refractivity contribution in [2.75, 3.05) is 16.6 Å². The molecule has 1 saturated heterocycles. The van der Waals surface area contributed by atoms with E-state index < -0.39 is 16.0 Å². The number of sulfonamides is 1. The summed E-state index contributed by atoms with van der Waals surface area (Å²) < 4.78 is 31.2. The molecule has 126 valence electrons. The van der Waals surface area contributed by atoms with E-state index in [-0.39, 0.29) is 11.3 Å². The van der Waals surface area contributed by atoms with Crippen LogP contribution in [0, 0.1) is 0 Å². The van der Waals surface area contributed by atoms with Crippen LogP contribution < -0.4 is 9.04 Å². The lowest BCUT2D eigenvalue weighted by Gasteiger charge is -2.17.